The fraction of sp³-hybridized carbons (Fsp3) is 0.286. The first kappa shape index (κ1) is 14.3. The Morgan fingerprint density at radius 1 is 1.47 bits per heavy atom. The monoisotopic (exact) mass is 342 g/mol. The molecule has 0 saturated carbocycles. The van der Waals surface area contributed by atoms with Crippen LogP contribution in [0.5, 0.6) is 0 Å². The minimum absolute atomic E-state index is 0.290. The van der Waals surface area contributed by atoms with Crippen LogP contribution in [0.2, 0.25) is 0 Å². The number of nitrogens with two attached hydrogens (primary N) is 1. The molecule has 102 valence electrons. The van der Waals surface area contributed by atoms with Gasteiger partial charge < -0.3 is 10.6 Å². The summed E-state index contributed by atoms with van der Waals surface area (Å²) in [5.74, 6) is -0.333. The van der Waals surface area contributed by atoms with Gasteiger partial charge in [-0.05, 0) is 40.4 Å². The number of rotatable bonds is 4. The molecule has 2 N–H and O–H groups in total. The highest BCUT2D eigenvalue weighted by atomic mass is 79.9. The lowest BCUT2D eigenvalue weighted by Crippen LogP contribution is -2.31. The fourth-order valence-corrected chi connectivity index (χ4v) is 3.11. The second-order valence-electron chi connectivity index (χ2n) is 4.57. The van der Waals surface area contributed by atoms with Gasteiger partial charge in [-0.25, -0.2) is 4.39 Å². The van der Waals surface area contributed by atoms with Crippen molar-refractivity contribution in [2.75, 3.05) is 17.7 Å². The second kappa shape index (κ2) is 5.92. The summed E-state index contributed by atoms with van der Waals surface area (Å²) < 4.78 is 13.8. The van der Waals surface area contributed by atoms with Crippen LogP contribution in [0.3, 0.4) is 0 Å². The Balaban J connectivity index is 2.19. The van der Waals surface area contributed by atoms with E-state index in [1.165, 1.54) is 10.9 Å². The van der Waals surface area contributed by atoms with E-state index in [-0.39, 0.29) is 5.82 Å². The van der Waals surface area contributed by atoms with Crippen LogP contribution in [0, 0.1) is 5.82 Å². The Morgan fingerprint density at radius 2 is 2.21 bits per heavy atom. The highest BCUT2D eigenvalue weighted by Gasteiger charge is 2.15. The molecule has 2 rings (SSSR count). The maximum absolute atomic E-state index is 13.4. The smallest absolute Gasteiger partial charge is 0.139 e. The number of hydrogen-bond acceptors (Lipinski definition) is 3. The third-order valence-electron chi connectivity index (χ3n) is 3.19. The summed E-state index contributed by atoms with van der Waals surface area (Å²) in [5, 5.41) is 2.07. The maximum Gasteiger partial charge on any atom is 0.139 e. The van der Waals surface area contributed by atoms with Gasteiger partial charge in [0.15, 0.2) is 0 Å². The summed E-state index contributed by atoms with van der Waals surface area (Å²) in [5.41, 5.74) is 7.21. The zero-order valence-electron chi connectivity index (χ0n) is 10.9. The molecule has 0 aliphatic heterocycles. The van der Waals surface area contributed by atoms with E-state index in [9.17, 15) is 4.39 Å². The molecule has 1 atom stereocenters. The first-order chi connectivity index (χ1) is 8.99. The van der Waals surface area contributed by atoms with Crippen molar-refractivity contribution in [2.45, 2.75) is 19.4 Å². The Morgan fingerprint density at radius 3 is 2.84 bits per heavy atom. The predicted molar refractivity (Wildman–Crippen MR) is 84.4 cm³/mol. The standard InChI is InChI=1S/C14H16BrFN2S/c1-9(6-10-4-3-5-19-10)18(2)14-7-11(15)12(16)8-13(14)17/h3-5,7-9H,6,17H2,1-2H3. The van der Waals surface area contributed by atoms with Gasteiger partial charge in [0.05, 0.1) is 15.8 Å². The van der Waals surface area contributed by atoms with Crippen LogP contribution < -0.4 is 10.6 Å². The minimum Gasteiger partial charge on any atom is -0.397 e. The molecule has 0 bridgehead atoms. The number of benzene rings is 1. The quantitative estimate of drug-likeness (QED) is 0.839. The summed E-state index contributed by atoms with van der Waals surface area (Å²) >= 11 is 4.95. The molecule has 0 spiro atoms. The van der Waals surface area contributed by atoms with E-state index in [1.54, 1.807) is 17.4 Å². The zero-order valence-corrected chi connectivity index (χ0v) is 13.3. The lowest BCUT2D eigenvalue weighted by molar-refractivity contribution is 0.620. The first-order valence-electron chi connectivity index (χ1n) is 5.98. The van der Waals surface area contributed by atoms with Gasteiger partial charge in [-0.1, -0.05) is 6.07 Å². The van der Waals surface area contributed by atoms with E-state index < -0.39 is 0 Å². The van der Waals surface area contributed by atoms with Gasteiger partial charge in [-0.3, -0.25) is 0 Å². The lowest BCUT2D eigenvalue weighted by Gasteiger charge is -2.28. The van der Waals surface area contributed by atoms with Crippen LogP contribution in [0.4, 0.5) is 15.8 Å². The van der Waals surface area contributed by atoms with Crippen LogP contribution in [0.15, 0.2) is 34.1 Å². The maximum atomic E-state index is 13.4. The Bertz CT molecular complexity index is 557. The summed E-state index contributed by atoms with van der Waals surface area (Å²) in [4.78, 5) is 3.42. The zero-order chi connectivity index (χ0) is 14.0. The van der Waals surface area contributed by atoms with Crippen molar-refractivity contribution in [1.82, 2.24) is 0 Å². The van der Waals surface area contributed by atoms with Gasteiger partial charge in [-0.15, -0.1) is 11.3 Å². The molecule has 1 heterocycles. The molecule has 0 amide bonds. The highest BCUT2D eigenvalue weighted by Crippen LogP contribution is 2.30. The predicted octanol–water partition coefficient (Wildman–Crippen LogP) is 4.30. The number of nitrogens with zero attached hydrogens (tertiary/aromatic N) is 1. The molecular weight excluding hydrogens is 327 g/mol. The van der Waals surface area contributed by atoms with E-state index in [0.717, 1.165) is 12.1 Å². The van der Waals surface area contributed by atoms with E-state index >= 15 is 0 Å². The van der Waals surface area contributed by atoms with Crippen molar-refractivity contribution in [1.29, 1.82) is 0 Å². The molecule has 1 aromatic heterocycles. The van der Waals surface area contributed by atoms with Crippen molar-refractivity contribution in [3.8, 4) is 0 Å². The molecule has 0 aliphatic carbocycles. The van der Waals surface area contributed by atoms with E-state index in [2.05, 4.69) is 45.3 Å². The molecule has 2 nitrogen and oxygen atoms in total. The highest BCUT2D eigenvalue weighted by molar-refractivity contribution is 9.10. The molecule has 1 unspecified atom stereocenters. The van der Waals surface area contributed by atoms with Crippen molar-refractivity contribution >= 4 is 38.6 Å². The van der Waals surface area contributed by atoms with Crippen LogP contribution in [0.1, 0.15) is 11.8 Å². The lowest BCUT2D eigenvalue weighted by atomic mass is 10.1. The van der Waals surface area contributed by atoms with Crippen LogP contribution in [-0.2, 0) is 6.42 Å². The third-order valence-corrected chi connectivity index (χ3v) is 4.69. The number of thiophene rings is 1. The summed E-state index contributed by atoms with van der Waals surface area (Å²) in [6, 6.07) is 7.55. The van der Waals surface area contributed by atoms with Crippen LogP contribution in [-0.4, -0.2) is 13.1 Å². The van der Waals surface area contributed by atoms with Gasteiger partial charge in [0.1, 0.15) is 5.82 Å². The van der Waals surface area contributed by atoms with Gasteiger partial charge in [-0.2, -0.15) is 0 Å². The molecular formula is C14H16BrFN2S. The van der Waals surface area contributed by atoms with Crippen LogP contribution >= 0.6 is 27.3 Å². The average Bonchev–Trinajstić information content (AvgIpc) is 2.85. The molecule has 2 aromatic rings. The van der Waals surface area contributed by atoms with Crippen molar-refractivity contribution in [2.24, 2.45) is 0 Å². The first-order valence-corrected chi connectivity index (χ1v) is 7.66. The Labute approximate surface area is 125 Å². The Kier molecular flexibility index (Phi) is 4.47. The minimum atomic E-state index is -0.333. The van der Waals surface area contributed by atoms with Gasteiger partial charge in [0.2, 0.25) is 0 Å². The Hall–Kier alpha value is -1.07. The summed E-state index contributed by atoms with van der Waals surface area (Å²) in [6.45, 7) is 2.14. The van der Waals surface area contributed by atoms with Gasteiger partial charge >= 0.3 is 0 Å². The molecule has 5 heteroatoms. The van der Waals surface area contributed by atoms with E-state index in [0.29, 0.717) is 16.2 Å². The van der Waals surface area contributed by atoms with Gasteiger partial charge in [0.25, 0.3) is 0 Å². The number of likely N-dealkylation sites (N-methyl/N-ethyl adjacent to an activating group) is 1. The molecule has 1 aromatic carbocycles. The van der Waals surface area contributed by atoms with E-state index in [1.807, 2.05) is 7.05 Å². The van der Waals surface area contributed by atoms with E-state index in [4.69, 9.17) is 5.73 Å². The summed E-state index contributed by atoms with van der Waals surface area (Å²) in [7, 11) is 1.98. The third kappa shape index (κ3) is 3.28. The van der Waals surface area contributed by atoms with Gasteiger partial charge in [0, 0.05) is 30.5 Å². The SMILES string of the molecule is CC(Cc1cccs1)N(C)c1cc(Br)c(F)cc1N. The van der Waals surface area contributed by atoms with Crippen molar-refractivity contribution < 1.29 is 4.39 Å². The normalized spacial score (nSPS) is 12.4. The van der Waals surface area contributed by atoms with Crippen molar-refractivity contribution in [3.05, 3.63) is 44.8 Å². The molecule has 0 fully saturated rings. The molecule has 0 saturated heterocycles. The summed E-state index contributed by atoms with van der Waals surface area (Å²) in [6.07, 6.45) is 0.947. The topological polar surface area (TPSA) is 29.3 Å². The average molecular weight is 343 g/mol. The molecule has 0 radical (unpaired) electrons. The molecule has 19 heavy (non-hydrogen) atoms. The van der Waals surface area contributed by atoms with Crippen molar-refractivity contribution in [3.63, 3.8) is 0 Å². The number of nitrogen functional groups attached to an aromatic ring is 1. The van der Waals surface area contributed by atoms with Crippen LogP contribution in [0.25, 0.3) is 0 Å². The number of halogens is 2. The second-order valence-corrected chi connectivity index (χ2v) is 6.46. The largest absolute Gasteiger partial charge is 0.397 e. The number of hydrogen-bond donors (Lipinski definition) is 1. The number of anilines is 2. The fourth-order valence-electron chi connectivity index (χ4n) is 1.95. The molecule has 0 aliphatic rings.